The summed E-state index contributed by atoms with van der Waals surface area (Å²) in [5.41, 5.74) is -0.0770. The summed E-state index contributed by atoms with van der Waals surface area (Å²) in [6.45, 7) is 1.04. The van der Waals surface area contributed by atoms with Crippen molar-refractivity contribution in [1.29, 1.82) is 0 Å². The number of carbonyl (C=O) groups is 1. The highest BCUT2D eigenvalue weighted by molar-refractivity contribution is 7.89. The summed E-state index contributed by atoms with van der Waals surface area (Å²) in [5.74, 6) is -0.549. The molecule has 3 rings (SSSR count). The van der Waals surface area contributed by atoms with Gasteiger partial charge in [-0.2, -0.15) is 17.5 Å². The average molecular weight is 475 g/mol. The van der Waals surface area contributed by atoms with Gasteiger partial charge in [0.05, 0.1) is 21.0 Å². The summed E-state index contributed by atoms with van der Waals surface area (Å²) in [6.07, 6.45) is -1.51. The van der Waals surface area contributed by atoms with E-state index in [9.17, 15) is 26.4 Å². The van der Waals surface area contributed by atoms with E-state index in [-0.39, 0.29) is 22.0 Å². The van der Waals surface area contributed by atoms with Gasteiger partial charge in [-0.15, -0.1) is 0 Å². The summed E-state index contributed by atoms with van der Waals surface area (Å²) in [4.78, 5) is 12.6. The number of piperidine rings is 1. The maximum absolute atomic E-state index is 12.8. The van der Waals surface area contributed by atoms with Gasteiger partial charge in [0.25, 0.3) is 5.91 Å². The van der Waals surface area contributed by atoms with E-state index >= 15 is 0 Å². The number of amides is 1. The molecule has 1 aliphatic rings. The van der Waals surface area contributed by atoms with E-state index < -0.39 is 27.7 Å². The first-order valence-electron chi connectivity index (χ1n) is 9.83. The van der Waals surface area contributed by atoms with Crippen molar-refractivity contribution in [2.24, 2.45) is 0 Å². The summed E-state index contributed by atoms with van der Waals surface area (Å²) in [7, 11) is -3.71. The lowest BCUT2D eigenvalue weighted by Crippen LogP contribution is -2.35. The Morgan fingerprint density at radius 3 is 2.29 bits per heavy atom. The largest absolute Gasteiger partial charge is 0.416 e. The monoisotopic (exact) mass is 474 g/mol. The van der Waals surface area contributed by atoms with E-state index in [0.29, 0.717) is 25.1 Å². The van der Waals surface area contributed by atoms with E-state index in [2.05, 4.69) is 5.32 Å². The van der Waals surface area contributed by atoms with Gasteiger partial charge in [-0.1, -0.05) is 30.2 Å². The summed E-state index contributed by atoms with van der Waals surface area (Å²) < 4.78 is 65.0. The molecule has 10 heteroatoms. The minimum atomic E-state index is -4.40. The molecule has 0 unspecified atom stereocenters. The third-order valence-electron chi connectivity index (χ3n) is 5.12. The minimum Gasteiger partial charge on any atom is -0.352 e. The van der Waals surface area contributed by atoms with Crippen molar-refractivity contribution in [3.8, 4) is 0 Å². The van der Waals surface area contributed by atoms with Crippen LogP contribution < -0.4 is 5.32 Å². The Bertz CT molecular complexity index is 1030. The lowest BCUT2D eigenvalue weighted by atomic mass is 10.1. The predicted octanol–water partition coefficient (Wildman–Crippen LogP) is 4.51. The molecule has 2 aromatic rings. The lowest BCUT2D eigenvalue weighted by molar-refractivity contribution is -0.137. The number of hydrogen-bond donors (Lipinski definition) is 1. The smallest absolute Gasteiger partial charge is 0.352 e. The fourth-order valence-corrected chi connectivity index (χ4v) is 5.12. The highest BCUT2D eigenvalue weighted by Gasteiger charge is 2.30. The van der Waals surface area contributed by atoms with Gasteiger partial charge < -0.3 is 5.32 Å². The summed E-state index contributed by atoms with van der Waals surface area (Å²) in [5, 5.41) is 2.75. The zero-order valence-corrected chi connectivity index (χ0v) is 18.2. The van der Waals surface area contributed by atoms with Crippen LogP contribution in [0.1, 0.15) is 40.7 Å². The van der Waals surface area contributed by atoms with Crippen molar-refractivity contribution >= 4 is 27.5 Å². The normalized spacial score (nSPS) is 15.6. The van der Waals surface area contributed by atoms with Gasteiger partial charge in [0, 0.05) is 19.6 Å². The number of sulfonamides is 1. The van der Waals surface area contributed by atoms with Gasteiger partial charge in [0.2, 0.25) is 10.0 Å². The van der Waals surface area contributed by atoms with Crippen LogP contribution in [0.15, 0.2) is 47.4 Å². The molecule has 2 aromatic carbocycles. The molecular weight excluding hydrogens is 453 g/mol. The van der Waals surface area contributed by atoms with E-state index in [1.165, 1.54) is 34.6 Å². The molecule has 1 aliphatic heterocycles. The first-order chi connectivity index (χ1) is 14.6. The fraction of sp³-hybridized carbons (Fsp3) is 0.381. The van der Waals surface area contributed by atoms with Crippen LogP contribution >= 0.6 is 11.6 Å². The molecule has 1 amide bonds. The van der Waals surface area contributed by atoms with Gasteiger partial charge in [0.15, 0.2) is 0 Å². The number of nitrogens with one attached hydrogen (secondary N) is 1. The van der Waals surface area contributed by atoms with Crippen LogP contribution in [-0.4, -0.2) is 38.3 Å². The average Bonchev–Trinajstić information content (AvgIpc) is 2.74. The van der Waals surface area contributed by atoms with Crippen LogP contribution in [0.25, 0.3) is 0 Å². The Hall–Kier alpha value is -2.10. The second-order valence-corrected chi connectivity index (χ2v) is 9.65. The third kappa shape index (κ3) is 5.78. The highest BCUT2D eigenvalue weighted by Crippen LogP contribution is 2.29. The second-order valence-electron chi connectivity index (χ2n) is 7.31. The maximum atomic E-state index is 12.8. The number of benzene rings is 2. The van der Waals surface area contributed by atoms with Gasteiger partial charge >= 0.3 is 6.18 Å². The van der Waals surface area contributed by atoms with Crippen molar-refractivity contribution in [2.75, 3.05) is 19.6 Å². The van der Waals surface area contributed by atoms with Crippen molar-refractivity contribution < 1.29 is 26.4 Å². The van der Waals surface area contributed by atoms with E-state index in [4.69, 9.17) is 11.6 Å². The van der Waals surface area contributed by atoms with Gasteiger partial charge in [-0.25, -0.2) is 8.42 Å². The van der Waals surface area contributed by atoms with Crippen LogP contribution in [0.2, 0.25) is 5.02 Å². The number of rotatable bonds is 6. The van der Waals surface area contributed by atoms with Crippen molar-refractivity contribution in [1.82, 2.24) is 9.62 Å². The molecule has 1 saturated heterocycles. The third-order valence-corrected chi connectivity index (χ3v) is 7.34. The Balaban J connectivity index is 1.65. The Morgan fingerprint density at radius 1 is 1.03 bits per heavy atom. The zero-order valence-electron chi connectivity index (χ0n) is 16.6. The first-order valence-corrected chi connectivity index (χ1v) is 11.6. The molecule has 0 radical (unpaired) electrons. The molecular formula is C21H22ClF3N2O3S. The number of nitrogens with zero attached hydrogens (tertiary/aromatic N) is 1. The Labute approximate surface area is 184 Å². The highest BCUT2D eigenvalue weighted by atomic mass is 35.5. The second kappa shape index (κ2) is 9.58. The van der Waals surface area contributed by atoms with Crippen molar-refractivity contribution in [2.45, 2.75) is 36.8 Å². The molecule has 0 atom stereocenters. The van der Waals surface area contributed by atoms with E-state index in [1.54, 1.807) is 0 Å². The molecule has 0 bridgehead atoms. The molecule has 5 nitrogen and oxygen atoms in total. The van der Waals surface area contributed by atoms with Crippen LogP contribution in [0.5, 0.6) is 0 Å². The zero-order chi connectivity index (χ0) is 22.6. The first kappa shape index (κ1) is 23.6. The van der Waals surface area contributed by atoms with Crippen LogP contribution in [0, 0.1) is 0 Å². The van der Waals surface area contributed by atoms with Crippen LogP contribution in [0.4, 0.5) is 13.2 Å². The molecule has 0 aliphatic carbocycles. The maximum Gasteiger partial charge on any atom is 0.416 e. The molecule has 0 aromatic heterocycles. The Kier molecular flexibility index (Phi) is 7.28. The van der Waals surface area contributed by atoms with Crippen molar-refractivity contribution in [3.05, 3.63) is 64.2 Å². The number of alkyl halides is 3. The summed E-state index contributed by atoms with van der Waals surface area (Å²) in [6, 6.07) is 8.71. The molecule has 0 saturated carbocycles. The predicted molar refractivity (Wildman–Crippen MR) is 112 cm³/mol. The number of halogens is 4. The van der Waals surface area contributed by atoms with E-state index in [0.717, 1.165) is 31.4 Å². The van der Waals surface area contributed by atoms with Crippen LogP contribution in [-0.2, 0) is 22.6 Å². The number of carbonyl (C=O) groups excluding carboxylic acids is 1. The minimum absolute atomic E-state index is 0.00619. The van der Waals surface area contributed by atoms with Gasteiger partial charge in [0.1, 0.15) is 0 Å². The molecule has 31 heavy (non-hydrogen) atoms. The lowest BCUT2D eigenvalue weighted by Gasteiger charge is -2.26. The van der Waals surface area contributed by atoms with Crippen LogP contribution in [0.3, 0.4) is 0 Å². The van der Waals surface area contributed by atoms with E-state index in [1.807, 2.05) is 0 Å². The van der Waals surface area contributed by atoms with Crippen molar-refractivity contribution in [3.63, 3.8) is 0 Å². The quantitative estimate of drug-likeness (QED) is 0.670. The molecule has 1 fully saturated rings. The molecule has 1 heterocycles. The topological polar surface area (TPSA) is 66.5 Å². The molecule has 0 spiro atoms. The van der Waals surface area contributed by atoms with Gasteiger partial charge in [-0.05, 0) is 55.2 Å². The SMILES string of the molecule is O=C(NCCc1ccc(C(F)(F)F)cc1)c1cc(S(=O)(=O)N2CCCCC2)ccc1Cl. The molecule has 168 valence electrons. The van der Waals surface area contributed by atoms with Gasteiger partial charge in [-0.3, -0.25) is 4.79 Å². The summed E-state index contributed by atoms with van der Waals surface area (Å²) >= 11 is 6.11. The standard InChI is InChI=1S/C21H22ClF3N2O3S/c22-19-9-8-17(31(29,30)27-12-2-1-3-13-27)14-18(19)20(28)26-11-10-15-4-6-16(7-5-15)21(23,24)25/h4-9,14H,1-3,10-13H2,(H,26,28). The number of hydrogen-bond acceptors (Lipinski definition) is 3. The Morgan fingerprint density at radius 2 is 1.68 bits per heavy atom. The molecule has 1 N–H and O–H groups in total. The fourth-order valence-electron chi connectivity index (χ4n) is 3.37.